The summed E-state index contributed by atoms with van der Waals surface area (Å²) in [6.45, 7) is 13.7. The Morgan fingerprint density at radius 2 is 1.39 bits per heavy atom. The Labute approximate surface area is 140 Å². The molecule has 0 bridgehead atoms. The van der Waals surface area contributed by atoms with E-state index in [0.29, 0.717) is 11.8 Å². The third kappa shape index (κ3) is 5.08. The number of benzene rings is 1. The lowest BCUT2D eigenvalue weighted by Crippen LogP contribution is -2.46. The topological polar surface area (TPSA) is 58.2 Å². The number of anilines is 1. The van der Waals surface area contributed by atoms with Crippen molar-refractivity contribution in [1.82, 2.24) is 5.32 Å². The summed E-state index contributed by atoms with van der Waals surface area (Å²) in [4.78, 5) is 24.1. The number of carbonyl (C=O) groups excluding carboxylic acids is 2. The number of nitrogens with one attached hydrogen (secondary N) is 2. The normalized spacial score (nSPS) is 12.6. The first kappa shape index (κ1) is 19.2. The molecule has 1 rings (SSSR count). The van der Waals surface area contributed by atoms with Crippen LogP contribution < -0.4 is 10.6 Å². The van der Waals surface area contributed by atoms with Gasteiger partial charge in [0, 0.05) is 12.6 Å². The Kier molecular flexibility index (Phi) is 6.79. The number of hydrogen-bond donors (Lipinski definition) is 2. The molecule has 4 nitrogen and oxygen atoms in total. The largest absolute Gasteiger partial charge is 0.344 e. The maximum Gasteiger partial charge on any atom is 0.247 e. The minimum absolute atomic E-state index is 0.0209. The van der Waals surface area contributed by atoms with Crippen LogP contribution in [0.5, 0.6) is 0 Å². The molecule has 1 aromatic rings. The van der Waals surface area contributed by atoms with Crippen molar-refractivity contribution >= 4 is 17.5 Å². The molecule has 128 valence electrons. The van der Waals surface area contributed by atoms with E-state index >= 15 is 0 Å². The zero-order valence-electron chi connectivity index (χ0n) is 15.4. The summed E-state index contributed by atoms with van der Waals surface area (Å²) in [6, 6.07) is 5.60. The summed E-state index contributed by atoms with van der Waals surface area (Å²) in [5.41, 5.74) is 3.13. The van der Waals surface area contributed by atoms with Crippen LogP contribution in [0.3, 0.4) is 0 Å². The molecule has 0 fully saturated rings. The van der Waals surface area contributed by atoms with E-state index in [2.05, 4.69) is 50.5 Å². The average molecular weight is 318 g/mol. The molecule has 0 heterocycles. The van der Waals surface area contributed by atoms with Crippen molar-refractivity contribution in [2.75, 3.05) is 5.32 Å². The highest BCUT2D eigenvalue weighted by molar-refractivity contribution is 5.98. The first-order valence-electron chi connectivity index (χ1n) is 8.35. The molecule has 23 heavy (non-hydrogen) atoms. The number of hydrogen-bond acceptors (Lipinski definition) is 2. The van der Waals surface area contributed by atoms with Crippen molar-refractivity contribution in [3.63, 3.8) is 0 Å². The standard InChI is InChI=1S/C19H30N2O2/c1-11(2)15-9-8-10-16(12(3)4)18(15)21-19(23)17(13(5)6)20-14(7)22/h8-13,17H,1-7H3,(H,20,22)(H,21,23)/t17-/m1/s1. The Hall–Kier alpha value is -1.84. The Morgan fingerprint density at radius 1 is 0.913 bits per heavy atom. The van der Waals surface area contributed by atoms with E-state index in [4.69, 9.17) is 0 Å². The summed E-state index contributed by atoms with van der Waals surface area (Å²) >= 11 is 0. The van der Waals surface area contributed by atoms with Gasteiger partial charge in [0.2, 0.25) is 11.8 Å². The van der Waals surface area contributed by atoms with Gasteiger partial charge in [-0.2, -0.15) is 0 Å². The van der Waals surface area contributed by atoms with Gasteiger partial charge in [-0.15, -0.1) is 0 Å². The molecule has 1 atom stereocenters. The first-order valence-corrected chi connectivity index (χ1v) is 8.35. The van der Waals surface area contributed by atoms with Crippen LogP contribution in [-0.2, 0) is 9.59 Å². The van der Waals surface area contributed by atoms with Gasteiger partial charge in [0.25, 0.3) is 0 Å². The van der Waals surface area contributed by atoms with Crippen LogP contribution in [0, 0.1) is 5.92 Å². The highest BCUT2D eigenvalue weighted by Crippen LogP contribution is 2.32. The molecular weight excluding hydrogens is 288 g/mol. The molecule has 0 aliphatic heterocycles. The summed E-state index contributed by atoms with van der Waals surface area (Å²) < 4.78 is 0. The molecule has 0 aromatic heterocycles. The molecule has 0 radical (unpaired) electrons. The summed E-state index contributed by atoms with van der Waals surface area (Å²) in [5, 5.41) is 5.82. The van der Waals surface area contributed by atoms with Crippen molar-refractivity contribution in [2.45, 2.75) is 66.3 Å². The van der Waals surface area contributed by atoms with Crippen LogP contribution >= 0.6 is 0 Å². The molecule has 0 aliphatic carbocycles. The van der Waals surface area contributed by atoms with Crippen molar-refractivity contribution in [3.05, 3.63) is 29.3 Å². The first-order chi connectivity index (χ1) is 10.6. The molecule has 0 aliphatic rings. The monoisotopic (exact) mass is 318 g/mol. The van der Waals surface area contributed by atoms with Crippen molar-refractivity contribution in [3.8, 4) is 0 Å². The maximum atomic E-state index is 12.7. The van der Waals surface area contributed by atoms with Crippen LogP contribution in [0.1, 0.15) is 71.4 Å². The lowest BCUT2D eigenvalue weighted by atomic mass is 9.92. The van der Waals surface area contributed by atoms with Gasteiger partial charge in [0.05, 0.1) is 0 Å². The number of amides is 2. The highest BCUT2D eigenvalue weighted by Gasteiger charge is 2.25. The fourth-order valence-electron chi connectivity index (χ4n) is 2.65. The van der Waals surface area contributed by atoms with Crippen LogP contribution in [0.4, 0.5) is 5.69 Å². The van der Waals surface area contributed by atoms with Crippen molar-refractivity contribution in [1.29, 1.82) is 0 Å². The van der Waals surface area contributed by atoms with Gasteiger partial charge in [-0.3, -0.25) is 9.59 Å². The van der Waals surface area contributed by atoms with E-state index < -0.39 is 6.04 Å². The van der Waals surface area contributed by atoms with Gasteiger partial charge >= 0.3 is 0 Å². The van der Waals surface area contributed by atoms with Crippen LogP contribution in [0.15, 0.2) is 18.2 Å². The second-order valence-electron chi connectivity index (χ2n) is 7.03. The quantitative estimate of drug-likeness (QED) is 0.832. The Bertz CT molecular complexity index is 536. The molecule has 0 unspecified atom stereocenters. The Balaban J connectivity index is 3.20. The minimum Gasteiger partial charge on any atom is -0.344 e. The van der Waals surface area contributed by atoms with E-state index in [1.165, 1.54) is 6.92 Å². The molecule has 4 heteroatoms. The Morgan fingerprint density at radius 3 is 1.74 bits per heavy atom. The zero-order valence-corrected chi connectivity index (χ0v) is 15.4. The molecule has 0 saturated heterocycles. The van der Waals surface area contributed by atoms with E-state index in [-0.39, 0.29) is 17.7 Å². The van der Waals surface area contributed by atoms with Gasteiger partial charge < -0.3 is 10.6 Å². The smallest absolute Gasteiger partial charge is 0.247 e. The van der Waals surface area contributed by atoms with Crippen LogP contribution in [-0.4, -0.2) is 17.9 Å². The van der Waals surface area contributed by atoms with Gasteiger partial charge in [-0.1, -0.05) is 59.7 Å². The van der Waals surface area contributed by atoms with E-state index in [1.807, 2.05) is 19.9 Å². The zero-order chi connectivity index (χ0) is 17.7. The fourth-order valence-corrected chi connectivity index (χ4v) is 2.65. The van der Waals surface area contributed by atoms with E-state index in [9.17, 15) is 9.59 Å². The third-order valence-corrected chi connectivity index (χ3v) is 3.93. The second-order valence-corrected chi connectivity index (χ2v) is 7.03. The molecule has 1 aromatic carbocycles. The van der Waals surface area contributed by atoms with Crippen molar-refractivity contribution in [2.24, 2.45) is 5.92 Å². The molecule has 2 N–H and O–H groups in total. The van der Waals surface area contributed by atoms with E-state index in [1.54, 1.807) is 0 Å². The summed E-state index contributed by atoms with van der Waals surface area (Å²) in [7, 11) is 0. The van der Waals surface area contributed by atoms with Gasteiger partial charge in [-0.05, 0) is 28.9 Å². The lowest BCUT2D eigenvalue weighted by Gasteiger charge is -2.25. The van der Waals surface area contributed by atoms with Gasteiger partial charge in [0.1, 0.15) is 6.04 Å². The molecular formula is C19H30N2O2. The second kappa shape index (κ2) is 8.14. The third-order valence-electron chi connectivity index (χ3n) is 3.93. The molecule has 0 spiro atoms. The molecule has 0 saturated carbocycles. The number of rotatable bonds is 6. The maximum absolute atomic E-state index is 12.7. The lowest BCUT2D eigenvalue weighted by molar-refractivity contribution is -0.126. The van der Waals surface area contributed by atoms with Gasteiger partial charge in [-0.25, -0.2) is 0 Å². The SMILES string of the molecule is CC(=O)N[C@@H](C(=O)Nc1c(C(C)C)cccc1C(C)C)C(C)C. The van der Waals surface area contributed by atoms with E-state index in [0.717, 1.165) is 16.8 Å². The summed E-state index contributed by atoms with van der Waals surface area (Å²) in [6.07, 6.45) is 0. The van der Waals surface area contributed by atoms with Crippen molar-refractivity contribution < 1.29 is 9.59 Å². The van der Waals surface area contributed by atoms with Crippen LogP contribution in [0.2, 0.25) is 0 Å². The number of carbonyl (C=O) groups is 2. The molecule has 2 amide bonds. The predicted octanol–water partition coefficient (Wildman–Crippen LogP) is 4.03. The number of para-hydroxylation sites is 1. The fraction of sp³-hybridized carbons (Fsp3) is 0.579. The van der Waals surface area contributed by atoms with Crippen LogP contribution in [0.25, 0.3) is 0 Å². The average Bonchev–Trinajstić information content (AvgIpc) is 2.43. The minimum atomic E-state index is -0.535. The van der Waals surface area contributed by atoms with Gasteiger partial charge in [0.15, 0.2) is 0 Å². The predicted molar refractivity (Wildman–Crippen MR) is 95.7 cm³/mol. The summed E-state index contributed by atoms with van der Waals surface area (Å²) in [5.74, 6) is 0.280. The highest BCUT2D eigenvalue weighted by atomic mass is 16.2.